The van der Waals surface area contributed by atoms with Crippen molar-refractivity contribution in [2.75, 3.05) is 0 Å². The van der Waals surface area contributed by atoms with Crippen molar-refractivity contribution in [1.82, 2.24) is 0 Å². The van der Waals surface area contributed by atoms with E-state index in [4.69, 9.17) is 0 Å². The van der Waals surface area contributed by atoms with E-state index in [-0.39, 0.29) is 5.41 Å². The quantitative estimate of drug-likeness (QED) is 0.201. The van der Waals surface area contributed by atoms with Gasteiger partial charge < -0.3 is 0 Å². The van der Waals surface area contributed by atoms with E-state index in [2.05, 4.69) is 103 Å². The van der Waals surface area contributed by atoms with Gasteiger partial charge in [0.25, 0.3) is 0 Å². The van der Waals surface area contributed by atoms with Crippen molar-refractivity contribution in [3.05, 3.63) is 93.5 Å². The van der Waals surface area contributed by atoms with Crippen LogP contribution in [0.1, 0.15) is 151 Å². The fraction of sp³-hybridized carbons (Fsp3) is 0.526. The summed E-state index contributed by atoms with van der Waals surface area (Å²) in [7, 11) is 0. The first-order valence-electron chi connectivity index (χ1n) is 15.7. The van der Waals surface area contributed by atoms with Gasteiger partial charge in [-0.2, -0.15) is 0 Å². The Kier molecular flexibility index (Phi) is 9.56. The van der Waals surface area contributed by atoms with Crippen LogP contribution in [-0.2, 0) is 18.3 Å². The molecule has 38 heavy (non-hydrogen) atoms. The third-order valence-corrected chi connectivity index (χ3v) is 9.06. The molecule has 0 saturated carbocycles. The van der Waals surface area contributed by atoms with Crippen LogP contribution < -0.4 is 0 Å². The number of fused-ring (bicyclic) bond motifs is 3. The average Bonchev–Trinajstić information content (AvgIpc) is 3.17. The van der Waals surface area contributed by atoms with Crippen molar-refractivity contribution in [2.45, 2.75) is 130 Å². The number of benzene rings is 3. The van der Waals surface area contributed by atoms with Gasteiger partial charge in [0.15, 0.2) is 0 Å². The summed E-state index contributed by atoms with van der Waals surface area (Å²) in [4.78, 5) is 0. The molecule has 0 fully saturated rings. The fourth-order valence-electron chi connectivity index (χ4n) is 6.45. The zero-order valence-corrected chi connectivity index (χ0v) is 25.4. The van der Waals surface area contributed by atoms with Crippen molar-refractivity contribution < 1.29 is 0 Å². The number of hydrogen-bond donors (Lipinski definition) is 0. The second kappa shape index (κ2) is 12.7. The van der Waals surface area contributed by atoms with Crippen LogP contribution in [0.4, 0.5) is 0 Å². The molecule has 0 heterocycles. The third kappa shape index (κ3) is 5.95. The highest BCUT2D eigenvalue weighted by molar-refractivity contribution is 5.84. The normalized spacial score (nSPS) is 13.8. The molecule has 0 nitrogen and oxygen atoms in total. The van der Waals surface area contributed by atoms with E-state index in [9.17, 15) is 0 Å². The summed E-state index contributed by atoms with van der Waals surface area (Å²) in [6.07, 6.45) is 13.0. The van der Waals surface area contributed by atoms with Crippen molar-refractivity contribution in [3.8, 4) is 11.1 Å². The fourth-order valence-corrected chi connectivity index (χ4v) is 6.45. The number of hydrogen-bond acceptors (Lipinski definition) is 0. The standard InChI is InChI=1S/C38H52/c1-8-10-12-14-16-29-22-30(17-15-13-11-9-2)24-33(23-29)38(7)36-25-31(27(3)4)18-20-34(36)35-21-19-32(28(5)6)26-37(35)38/h18-28H,8-17H2,1-7H3. The molecule has 4 rings (SSSR count). The summed E-state index contributed by atoms with van der Waals surface area (Å²) < 4.78 is 0. The maximum atomic E-state index is 2.57. The summed E-state index contributed by atoms with van der Waals surface area (Å²) in [5.74, 6) is 1.05. The van der Waals surface area contributed by atoms with Crippen LogP contribution in [0.2, 0.25) is 0 Å². The molecule has 3 aromatic carbocycles. The van der Waals surface area contributed by atoms with E-state index < -0.39 is 0 Å². The van der Waals surface area contributed by atoms with Gasteiger partial charge in [0.2, 0.25) is 0 Å². The van der Waals surface area contributed by atoms with Crippen molar-refractivity contribution in [2.24, 2.45) is 0 Å². The largest absolute Gasteiger partial charge is 0.0654 e. The van der Waals surface area contributed by atoms with Gasteiger partial charge in [0.1, 0.15) is 0 Å². The van der Waals surface area contributed by atoms with Gasteiger partial charge in [-0.15, -0.1) is 0 Å². The van der Waals surface area contributed by atoms with Gasteiger partial charge in [-0.1, -0.05) is 135 Å². The molecule has 1 aliphatic carbocycles. The molecule has 0 bridgehead atoms. The van der Waals surface area contributed by atoms with Crippen LogP contribution in [0.15, 0.2) is 54.6 Å². The molecule has 0 heteroatoms. The second-order valence-electron chi connectivity index (χ2n) is 12.7. The predicted molar refractivity (Wildman–Crippen MR) is 168 cm³/mol. The van der Waals surface area contributed by atoms with Crippen molar-refractivity contribution >= 4 is 0 Å². The van der Waals surface area contributed by atoms with E-state index in [0.717, 1.165) is 0 Å². The topological polar surface area (TPSA) is 0 Å². The molecule has 0 N–H and O–H groups in total. The van der Waals surface area contributed by atoms with Gasteiger partial charge in [-0.05, 0) is 94.5 Å². The molecule has 0 saturated heterocycles. The van der Waals surface area contributed by atoms with Gasteiger partial charge in [0.05, 0.1) is 0 Å². The minimum atomic E-state index is -0.127. The Hall–Kier alpha value is -2.34. The van der Waals surface area contributed by atoms with E-state index in [1.54, 1.807) is 11.1 Å². The number of unbranched alkanes of at least 4 members (excludes halogenated alkanes) is 6. The molecule has 0 aliphatic heterocycles. The average molecular weight is 509 g/mol. The van der Waals surface area contributed by atoms with Crippen molar-refractivity contribution in [1.29, 1.82) is 0 Å². The first kappa shape index (κ1) is 28.7. The Labute approximate surface area is 234 Å². The van der Waals surface area contributed by atoms with E-state index in [0.29, 0.717) is 11.8 Å². The zero-order valence-electron chi connectivity index (χ0n) is 25.4. The summed E-state index contributed by atoms with van der Waals surface area (Å²) in [6, 6.07) is 22.3. The lowest BCUT2D eigenvalue weighted by atomic mass is 9.72. The third-order valence-electron chi connectivity index (χ3n) is 9.06. The maximum Gasteiger partial charge on any atom is 0.0435 e. The van der Waals surface area contributed by atoms with Gasteiger partial charge in [-0.25, -0.2) is 0 Å². The van der Waals surface area contributed by atoms with Crippen LogP contribution in [0.25, 0.3) is 11.1 Å². The van der Waals surface area contributed by atoms with Crippen LogP contribution >= 0.6 is 0 Å². The van der Waals surface area contributed by atoms with Crippen LogP contribution in [0.5, 0.6) is 0 Å². The summed E-state index contributed by atoms with van der Waals surface area (Å²) in [6.45, 7) is 16.4. The highest BCUT2D eigenvalue weighted by atomic mass is 14.4. The summed E-state index contributed by atoms with van der Waals surface area (Å²) >= 11 is 0. The minimum absolute atomic E-state index is 0.127. The Bertz CT molecular complexity index is 1120. The first-order valence-corrected chi connectivity index (χ1v) is 15.7. The number of rotatable bonds is 13. The molecule has 204 valence electrons. The van der Waals surface area contributed by atoms with Gasteiger partial charge in [0, 0.05) is 5.41 Å². The Morgan fingerprint density at radius 3 is 1.39 bits per heavy atom. The lowest BCUT2D eigenvalue weighted by Gasteiger charge is -2.31. The van der Waals surface area contributed by atoms with Crippen LogP contribution in [0, 0.1) is 0 Å². The highest BCUT2D eigenvalue weighted by Crippen LogP contribution is 2.53. The summed E-state index contributed by atoms with van der Waals surface area (Å²) in [5.41, 5.74) is 13.2. The lowest BCUT2D eigenvalue weighted by Crippen LogP contribution is -2.23. The molecule has 0 unspecified atom stereocenters. The second-order valence-corrected chi connectivity index (χ2v) is 12.7. The van der Waals surface area contributed by atoms with Gasteiger partial charge >= 0.3 is 0 Å². The Balaban J connectivity index is 1.86. The monoisotopic (exact) mass is 508 g/mol. The Morgan fingerprint density at radius 2 is 1.00 bits per heavy atom. The molecule has 0 spiro atoms. The Morgan fingerprint density at radius 1 is 0.553 bits per heavy atom. The first-order chi connectivity index (χ1) is 18.3. The smallest absolute Gasteiger partial charge is 0.0435 e. The van der Waals surface area contributed by atoms with E-state index in [1.165, 1.54) is 103 Å². The molecule has 3 aromatic rings. The molecule has 0 amide bonds. The van der Waals surface area contributed by atoms with Crippen LogP contribution in [0.3, 0.4) is 0 Å². The molecular weight excluding hydrogens is 456 g/mol. The molecule has 0 atom stereocenters. The predicted octanol–water partition coefficient (Wildman–Crippen LogP) is 11.5. The SMILES string of the molecule is CCCCCCc1cc(CCCCCC)cc(C2(C)c3cc(C(C)C)ccc3-c3ccc(C(C)C)cc32)c1. The summed E-state index contributed by atoms with van der Waals surface area (Å²) in [5, 5.41) is 0. The van der Waals surface area contributed by atoms with E-state index >= 15 is 0 Å². The van der Waals surface area contributed by atoms with Crippen LogP contribution in [-0.4, -0.2) is 0 Å². The molecule has 0 radical (unpaired) electrons. The van der Waals surface area contributed by atoms with Crippen molar-refractivity contribution in [3.63, 3.8) is 0 Å². The zero-order chi connectivity index (χ0) is 27.3. The molecular formula is C38H52. The maximum absolute atomic E-state index is 2.57. The van der Waals surface area contributed by atoms with Gasteiger partial charge in [-0.3, -0.25) is 0 Å². The number of aryl methyl sites for hydroxylation is 2. The molecule has 1 aliphatic rings. The lowest BCUT2D eigenvalue weighted by molar-refractivity contribution is 0.655. The minimum Gasteiger partial charge on any atom is -0.0654 e. The van der Waals surface area contributed by atoms with E-state index in [1.807, 2.05) is 0 Å². The highest BCUT2D eigenvalue weighted by Gasteiger charge is 2.41. The molecule has 0 aromatic heterocycles.